The van der Waals surface area contributed by atoms with Crippen LogP contribution in [-0.4, -0.2) is 24.1 Å². The Balaban J connectivity index is 2.89. The van der Waals surface area contributed by atoms with Gasteiger partial charge in [0.2, 0.25) is 0 Å². The molecule has 0 aliphatic carbocycles. The lowest BCUT2D eigenvalue weighted by atomic mass is 10.1. The third-order valence-electron chi connectivity index (χ3n) is 2.64. The Bertz CT molecular complexity index is 385. The fourth-order valence-electron chi connectivity index (χ4n) is 1.75. The van der Waals surface area contributed by atoms with Gasteiger partial charge in [-0.15, -0.1) is 0 Å². The molecule has 102 valence electrons. The highest BCUT2D eigenvalue weighted by Gasteiger charge is 2.13. The van der Waals surface area contributed by atoms with E-state index in [1.807, 2.05) is 7.05 Å². The van der Waals surface area contributed by atoms with Crippen LogP contribution in [-0.2, 0) is 6.54 Å². The normalized spacial score (nSPS) is 11.7. The number of halogens is 1. The molecule has 1 rings (SSSR count). The van der Waals surface area contributed by atoms with Gasteiger partial charge in [-0.25, -0.2) is 9.37 Å². The van der Waals surface area contributed by atoms with Gasteiger partial charge in [0.1, 0.15) is 11.6 Å². The predicted octanol–water partition coefficient (Wildman–Crippen LogP) is 2.96. The van der Waals surface area contributed by atoms with E-state index in [4.69, 9.17) is 0 Å². The van der Waals surface area contributed by atoms with Crippen LogP contribution in [0.2, 0.25) is 0 Å². The molecular formula is C14H24FN3. The van der Waals surface area contributed by atoms with Crippen molar-refractivity contribution >= 4 is 5.82 Å². The SMILES string of the molecule is CCCN(C)c1ncc(F)cc1CNC(C)(C)C. The van der Waals surface area contributed by atoms with E-state index in [1.165, 1.54) is 6.20 Å². The number of anilines is 1. The Labute approximate surface area is 109 Å². The molecule has 0 fully saturated rings. The number of hydrogen-bond donors (Lipinski definition) is 1. The number of nitrogens with zero attached hydrogens (tertiary/aromatic N) is 2. The Morgan fingerprint density at radius 1 is 1.39 bits per heavy atom. The summed E-state index contributed by atoms with van der Waals surface area (Å²) in [4.78, 5) is 6.28. The molecule has 1 N–H and O–H groups in total. The summed E-state index contributed by atoms with van der Waals surface area (Å²) in [6, 6.07) is 1.56. The van der Waals surface area contributed by atoms with Gasteiger partial charge in [0, 0.05) is 31.2 Å². The van der Waals surface area contributed by atoms with Crippen LogP contribution in [0.3, 0.4) is 0 Å². The summed E-state index contributed by atoms with van der Waals surface area (Å²) in [5.41, 5.74) is 0.910. The first-order valence-electron chi connectivity index (χ1n) is 6.44. The van der Waals surface area contributed by atoms with E-state index in [0.717, 1.165) is 24.3 Å². The van der Waals surface area contributed by atoms with Crippen LogP contribution in [0.25, 0.3) is 0 Å². The molecule has 0 unspecified atom stereocenters. The van der Waals surface area contributed by atoms with Gasteiger partial charge >= 0.3 is 0 Å². The molecule has 0 amide bonds. The molecule has 0 bridgehead atoms. The molecule has 0 aliphatic rings. The number of hydrogen-bond acceptors (Lipinski definition) is 3. The molecule has 0 radical (unpaired) electrons. The molecule has 3 nitrogen and oxygen atoms in total. The van der Waals surface area contributed by atoms with Crippen molar-refractivity contribution in [3.05, 3.63) is 23.6 Å². The van der Waals surface area contributed by atoms with Crippen LogP contribution >= 0.6 is 0 Å². The van der Waals surface area contributed by atoms with E-state index in [1.54, 1.807) is 6.07 Å². The van der Waals surface area contributed by atoms with Crippen molar-refractivity contribution in [1.29, 1.82) is 0 Å². The summed E-state index contributed by atoms with van der Waals surface area (Å²) in [7, 11) is 1.99. The van der Waals surface area contributed by atoms with Crippen LogP contribution in [0.1, 0.15) is 39.7 Å². The Kier molecular flexibility index (Phi) is 5.08. The Morgan fingerprint density at radius 3 is 2.61 bits per heavy atom. The maximum Gasteiger partial charge on any atom is 0.141 e. The van der Waals surface area contributed by atoms with Gasteiger partial charge < -0.3 is 10.2 Å². The van der Waals surface area contributed by atoms with Crippen LogP contribution in [0.5, 0.6) is 0 Å². The second-order valence-corrected chi connectivity index (χ2v) is 5.66. The van der Waals surface area contributed by atoms with Crippen molar-refractivity contribution in [2.75, 3.05) is 18.5 Å². The maximum atomic E-state index is 13.3. The predicted molar refractivity (Wildman–Crippen MR) is 74.3 cm³/mol. The molecule has 1 aromatic rings. The molecule has 0 saturated heterocycles. The average Bonchev–Trinajstić information content (AvgIpc) is 2.25. The fraction of sp³-hybridized carbons (Fsp3) is 0.643. The van der Waals surface area contributed by atoms with Crippen LogP contribution < -0.4 is 10.2 Å². The number of rotatable bonds is 5. The summed E-state index contributed by atoms with van der Waals surface area (Å²) < 4.78 is 13.3. The van der Waals surface area contributed by atoms with Gasteiger partial charge in [0.25, 0.3) is 0 Å². The van der Waals surface area contributed by atoms with E-state index < -0.39 is 0 Å². The van der Waals surface area contributed by atoms with Crippen molar-refractivity contribution in [2.24, 2.45) is 0 Å². The van der Waals surface area contributed by atoms with Crippen molar-refractivity contribution in [2.45, 2.75) is 46.2 Å². The maximum absolute atomic E-state index is 13.3. The zero-order valence-electron chi connectivity index (χ0n) is 12.0. The molecule has 0 spiro atoms. The fourth-order valence-corrected chi connectivity index (χ4v) is 1.75. The molecule has 18 heavy (non-hydrogen) atoms. The largest absolute Gasteiger partial charge is 0.359 e. The van der Waals surface area contributed by atoms with Crippen LogP contribution in [0.15, 0.2) is 12.3 Å². The highest BCUT2D eigenvalue weighted by atomic mass is 19.1. The molecule has 1 heterocycles. The zero-order chi connectivity index (χ0) is 13.8. The number of aromatic nitrogens is 1. The van der Waals surface area contributed by atoms with Gasteiger partial charge in [-0.05, 0) is 33.3 Å². The lowest BCUT2D eigenvalue weighted by Crippen LogP contribution is -2.35. The number of nitrogens with one attached hydrogen (secondary N) is 1. The third kappa shape index (κ3) is 4.61. The lowest BCUT2D eigenvalue weighted by Gasteiger charge is -2.24. The van der Waals surface area contributed by atoms with Crippen molar-refractivity contribution < 1.29 is 4.39 Å². The van der Waals surface area contributed by atoms with Crippen molar-refractivity contribution in [3.8, 4) is 0 Å². The molecule has 0 atom stereocenters. The van der Waals surface area contributed by atoms with Gasteiger partial charge in [-0.3, -0.25) is 0 Å². The minimum atomic E-state index is -0.283. The van der Waals surface area contributed by atoms with E-state index in [0.29, 0.717) is 6.54 Å². The monoisotopic (exact) mass is 253 g/mol. The summed E-state index contributed by atoms with van der Waals surface area (Å²) in [5.74, 6) is 0.573. The average molecular weight is 253 g/mol. The summed E-state index contributed by atoms with van der Waals surface area (Å²) in [5, 5.41) is 3.37. The summed E-state index contributed by atoms with van der Waals surface area (Å²) in [6.45, 7) is 9.94. The molecular weight excluding hydrogens is 229 g/mol. The molecule has 4 heteroatoms. The molecule has 1 aromatic heterocycles. The number of pyridine rings is 1. The van der Waals surface area contributed by atoms with Crippen molar-refractivity contribution in [1.82, 2.24) is 10.3 Å². The molecule has 0 aliphatic heterocycles. The highest BCUT2D eigenvalue weighted by molar-refractivity contribution is 5.46. The van der Waals surface area contributed by atoms with Gasteiger partial charge in [-0.1, -0.05) is 6.92 Å². The zero-order valence-corrected chi connectivity index (χ0v) is 12.0. The second-order valence-electron chi connectivity index (χ2n) is 5.66. The van der Waals surface area contributed by atoms with E-state index >= 15 is 0 Å². The first-order chi connectivity index (χ1) is 8.33. The standard InChI is InChI=1S/C14H24FN3/c1-6-7-18(5)13-11(8-12(15)10-16-13)9-17-14(2,3)4/h8,10,17H,6-7,9H2,1-5H3. The molecule has 0 aromatic carbocycles. The Morgan fingerprint density at radius 2 is 2.06 bits per heavy atom. The van der Waals surface area contributed by atoms with Crippen LogP contribution in [0.4, 0.5) is 10.2 Å². The van der Waals surface area contributed by atoms with E-state index in [9.17, 15) is 4.39 Å². The minimum Gasteiger partial charge on any atom is -0.359 e. The first-order valence-corrected chi connectivity index (χ1v) is 6.44. The van der Waals surface area contributed by atoms with Gasteiger partial charge in [0.15, 0.2) is 0 Å². The smallest absolute Gasteiger partial charge is 0.141 e. The quantitative estimate of drug-likeness (QED) is 0.874. The topological polar surface area (TPSA) is 28.2 Å². The highest BCUT2D eigenvalue weighted by Crippen LogP contribution is 2.18. The minimum absolute atomic E-state index is 0.00686. The Hall–Kier alpha value is -1.16. The third-order valence-corrected chi connectivity index (χ3v) is 2.64. The van der Waals surface area contributed by atoms with E-state index in [-0.39, 0.29) is 11.4 Å². The van der Waals surface area contributed by atoms with Crippen LogP contribution in [0, 0.1) is 5.82 Å². The van der Waals surface area contributed by atoms with Gasteiger partial charge in [-0.2, -0.15) is 0 Å². The van der Waals surface area contributed by atoms with E-state index in [2.05, 4.69) is 42.9 Å². The van der Waals surface area contributed by atoms with Crippen molar-refractivity contribution in [3.63, 3.8) is 0 Å². The molecule has 0 saturated carbocycles. The van der Waals surface area contributed by atoms with Gasteiger partial charge in [0.05, 0.1) is 6.20 Å². The lowest BCUT2D eigenvalue weighted by molar-refractivity contribution is 0.423. The second kappa shape index (κ2) is 6.14. The first kappa shape index (κ1) is 14.9. The summed E-state index contributed by atoms with van der Waals surface area (Å²) in [6.07, 6.45) is 2.32. The summed E-state index contributed by atoms with van der Waals surface area (Å²) >= 11 is 0.